The fourth-order valence-electron chi connectivity index (χ4n) is 2.95. The number of H-pyrrole nitrogens is 1. The second-order valence-corrected chi connectivity index (χ2v) is 5.83. The number of nitrogens with one attached hydrogen (secondary N) is 1. The smallest absolute Gasteiger partial charge is 0.246 e. The van der Waals surface area contributed by atoms with E-state index in [2.05, 4.69) is 43.1 Å². The Hall–Kier alpha value is -1.57. The maximum Gasteiger partial charge on any atom is 0.246 e. The summed E-state index contributed by atoms with van der Waals surface area (Å²) in [5.74, 6) is 1.10. The minimum absolute atomic E-state index is 0. The quantitative estimate of drug-likeness (QED) is 0.830. The molecule has 7 nitrogen and oxygen atoms in total. The third-order valence-electron chi connectivity index (χ3n) is 4.34. The molecule has 3 rings (SSSR count). The van der Waals surface area contributed by atoms with Crippen LogP contribution in [0, 0.1) is 0 Å². The van der Waals surface area contributed by atoms with Gasteiger partial charge in [-0.25, -0.2) is 5.10 Å². The molecule has 0 aliphatic carbocycles. The third kappa shape index (κ3) is 5.22. The van der Waals surface area contributed by atoms with Gasteiger partial charge >= 0.3 is 0 Å². The summed E-state index contributed by atoms with van der Waals surface area (Å²) in [4.78, 5) is 13.0. The number of anilines is 2. The van der Waals surface area contributed by atoms with E-state index in [4.69, 9.17) is 5.73 Å². The van der Waals surface area contributed by atoms with Crippen molar-refractivity contribution in [2.75, 3.05) is 37.3 Å². The number of nitrogen functional groups attached to an aromatic ring is 1. The molecule has 9 heteroatoms. The van der Waals surface area contributed by atoms with Crippen molar-refractivity contribution in [2.45, 2.75) is 25.3 Å². The molecule has 2 aromatic rings. The highest BCUT2D eigenvalue weighted by Crippen LogP contribution is 2.19. The zero-order valence-corrected chi connectivity index (χ0v) is 15.4. The van der Waals surface area contributed by atoms with E-state index in [-0.39, 0.29) is 24.8 Å². The number of nitrogens with two attached hydrogens (primary N) is 1. The lowest BCUT2D eigenvalue weighted by atomic mass is 10.0. The van der Waals surface area contributed by atoms with Gasteiger partial charge in [0.25, 0.3) is 0 Å². The second-order valence-electron chi connectivity index (χ2n) is 5.83. The summed E-state index contributed by atoms with van der Waals surface area (Å²) < 4.78 is 0. The Morgan fingerprint density at radius 3 is 2.67 bits per heavy atom. The van der Waals surface area contributed by atoms with Crippen molar-refractivity contribution in [3.63, 3.8) is 0 Å². The Bertz CT molecular complexity index is 585. The molecule has 1 aliphatic heterocycles. The lowest BCUT2D eigenvalue weighted by Crippen LogP contribution is -2.44. The number of hydrogen-bond donors (Lipinski definition) is 2. The number of hydrogen-bond acceptors (Lipinski definition) is 6. The van der Waals surface area contributed by atoms with Crippen molar-refractivity contribution in [3.8, 4) is 0 Å². The molecule has 0 bridgehead atoms. The minimum Gasteiger partial charge on any atom is -0.368 e. The lowest BCUT2D eigenvalue weighted by Gasteiger charge is -2.36. The average Bonchev–Trinajstić information content (AvgIpc) is 3.00. The van der Waals surface area contributed by atoms with Crippen LogP contribution in [0.2, 0.25) is 0 Å². The molecule has 0 aromatic carbocycles. The first-order chi connectivity index (χ1) is 10.7. The predicted molar refractivity (Wildman–Crippen MR) is 101 cm³/mol. The molecule has 0 amide bonds. The Morgan fingerprint density at radius 1 is 1.33 bits per heavy atom. The summed E-state index contributed by atoms with van der Waals surface area (Å²) in [5, 5.41) is 6.83. The molecule has 1 aliphatic rings. The van der Waals surface area contributed by atoms with Crippen LogP contribution in [0.5, 0.6) is 0 Å². The van der Waals surface area contributed by atoms with E-state index >= 15 is 0 Å². The van der Waals surface area contributed by atoms with E-state index in [1.165, 1.54) is 5.56 Å². The van der Waals surface area contributed by atoms with Gasteiger partial charge in [-0.2, -0.15) is 4.98 Å². The van der Waals surface area contributed by atoms with Gasteiger partial charge < -0.3 is 15.5 Å². The van der Waals surface area contributed by atoms with Crippen molar-refractivity contribution in [2.24, 2.45) is 0 Å². The third-order valence-corrected chi connectivity index (χ3v) is 4.34. The van der Waals surface area contributed by atoms with Crippen molar-refractivity contribution in [1.82, 2.24) is 25.1 Å². The van der Waals surface area contributed by atoms with Gasteiger partial charge in [0.2, 0.25) is 11.9 Å². The number of piperidine rings is 1. The molecule has 0 atom stereocenters. The van der Waals surface area contributed by atoms with Crippen LogP contribution in [0.25, 0.3) is 0 Å². The second kappa shape index (κ2) is 9.66. The van der Waals surface area contributed by atoms with Crippen LogP contribution in [-0.2, 0) is 6.42 Å². The Balaban J connectivity index is 0.00000144. The van der Waals surface area contributed by atoms with Crippen LogP contribution in [-0.4, -0.2) is 57.8 Å². The van der Waals surface area contributed by atoms with E-state index in [1.807, 2.05) is 18.5 Å². The first kappa shape index (κ1) is 20.5. The van der Waals surface area contributed by atoms with E-state index in [0.29, 0.717) is 17.9 Å². The van der Waals surface area contributed by atoms with Crippen molar-refractivity contribution < 1.29 is 0 Å². The Kier molecular flexibility index (Phi) is 8.24. The minimum atomic E-state index is 0. The van der Waals surface area contributed by atoms with Crippen LogP contribution < -0.4 is 10.6 Å². The van der Waals surface area contributed by atoms with Gasteiger partial charge in [0.1, 0.15) is 0 Å². The maximum absolute atomic E-state index is 5.59. The first-order valence-corrected chi connectivity index (χ1v) is 7.74. The zero-order valence-electron chi connectivity index (χ0n) is 13.8. The number of nitrogens with zero attached hydrogens (tertiary/aromatic N) is 5. The summed E-state index contributed by atoms with van der Waals surface area (Å²) in [5.41, 5.74) is 6.88. The number of aromatic amines is 1. The fourth-order valence-corrected chi connectivity index (χ4v) is 2.95. The van der Waals surface area contributed by atoms with Gasteiger partial charge in [0.15, 0.2) is 0 Å². The van der Waals surface area contributed by atoms with E-state index < -0.39 is 0 Å². The molecular weight excluding hydrogens is 349 g/mol. The van der Waals surface area contributed by atoms with E-state index in [0.717, 1.165) is 38.9 Å². The van der Waals surface area contributed by atoms with E-state index in [1.54, 1.807) is 0 Å². The SMILES string of the molecule is CN(CCc1cccnc1)C1CCN(c2n[nH]c(N)n2)CC1.Cl.Cl. The molecule has 0 unspecified atom stereocenters. The van der Waals surface area contributed by atoms with Crippen LogP contribution in [0.15, 0.2) is 24.5 Å². The number of likely N-dealkylation sites (N-methyl/N-ethyl adjacent to an activating group) is 1. The summed E-state index contributed by atoms with van der Waals surface area (Å²) in [6.45, 7) is 3.00. The molecule has 1 fully saturated rings. The molecule has 3 N–H and O–H groups in total. The van der Waals surface area contributed by atoms with Crippen LogP contribution in [0.3, 0.4) is 0 Å². The molecular formula is C15H25Cl2N7. The first-order valence-electron chi connectivity index (χ1n) is 7.74. The normalized spacial score (nSPS) is 15.0. The number of pyridine rings is 1. The molecule has 3 heterocycles. The topological polar surface area (TPSA) is 87.0 Å². The fraction of sp³-hybridized carbons (Fsp3) is 0.533. The van der Waals surface area contributed by atoms with Crippen LogP contribution >= 0.6 is 24.8 Å². The number of aromatic nitrogens is 4. The van der Waals surface area contributed by atoms with Gasteiger partial charge in [-0.05, 0) is 37.9 Å². The standard InChI is InChI=1S/C15H23N7.2ClH/c1-21(8-4-12-3-2-7-17-11-12)13-5-9-22(10-6-13)15-18-14(16)19-20-15;;/h2-3,7,11,13H,4-6,8-10H2,1H3,(H3,16,18,19,20);2*1H. The molecule has 2 aromatic heterocycles. The maximum atomic E-state index is 5.59. The number of rotatable bonds is 5. The summed E-state index contributed by atoms with van der Waals surface area (Å²) in [6, 6.07) is 4.75. The van der Waals surface area contributed by atoms with Crippen molar-refractivity contribution in [1.29, 1.82) is 0 Å². The van der Waals surface area contributed by atoms with Crippen LogP contribution in [0.1, 0.15) is 18.4 Å². The molecule has 0 saturated carbocycles. The molecule has 1 saturated heterocycles. The van der Waals surface area contributed by atoms with E-state index in [9.17, 15) is 0 Å². The molecule has 0 spiro atoms. The molecule has 0 radical (unpaired) electrons. The summed E-state index contributed by atoms with van der Waals surface area (Å²) in [6.07, 6.45) is 7.06. The van der Waals surface area contributed by atoms with Crippen molar-refractivity contribution in [3.05, 3.63) is 30.1 Å². The van der Waals surface area contributed by atoms with Gasteiger partial charge in [0, 0.05) is 38.1 Å². The molecule has 134 valence electrons. The largest absolute Gasteiger partial charge is 0.368 e. The number of halogens is 2. The predicted octanol–water partition coefficient (Wildman–Crippen LogP) is 1.77. The summed E-state index contributed by atoms with van der Waals surface area (Å²) in [7, 11) is 2.21. The van der Waals surface area contributed by atoms with Crippen molar-refractivity contribution >= 4 is 36.7 Å². The Labute approximate surface area is 154 Å². The summed E-state index contributed by atoms with van der Waals surface area (Å²) >= 11 is 0. The highest BCUT2D eigenvalue weighted by atomic mass is 35.5. The monoisotopic (exact) mass is 373 g/mol. The van der Waals surface area contributed by atoms with Gasteiger partial charge in [0.05, 0.1) is 0 Å². The zero-order chi connectivity index (χ0) is 15.4. The molecule has 24 heavy (non-hydrogen) atoms. The van der Waals surface area contributed by atoms with Gasteiger partial charge in [-0.3, -0.25) is 4.98 Å². The highest BCUT2D eigenvalue weighted by Gasteiger charge is 2.24. The average molecular weight is 374 g/mol. The van der Waals surface area contributed by atoms with Gasteiger partial charge in [-0.1, -0.05) is 6.07 Å². The highest BCUT2D eigenvalue weighted by molar-refractivity contribution is 5.85. The van der Waals surface area contributed by atoms with Crippen LogP contribution in [0.4, 0.5) is 11.9 Å². The lowest BCUT2D eigenvalue weighted by molar-refractivity contribution is 0.209. The van der Waals surface area contributed by atoms with Gasteiger partial charge in [-0.15, -0.1) is 29.9 Å². The Morgan fingerprint density at radius 2 is 2.08 bits per heavy atom.